The highest BCUT2D eigenvalue weighted by Crippen LogP contribution is 2.20. The van der Waals surface area contributed by atoms with Crippen LogP contribution in [0, 0.1) is 6.92 Å². The maximum atomic E-state index is 12.3. The van der Waals surface area contributed by atoms with Crippen LogP contribution in [0.3, 0.4) is 0 Å². The molecule has 0 atom stereocenters. The highest BCUT2D eigenvalue weighted by atomic mass is 16.5. The van der Waals surface area contributed by atoms with E-state index < -0.39 is 0 Å². The van der Waals surface area contributed by atoms with Gasteiger partial charge in [0.25, 0.3) is 5.91 Å². The van der Waals surface area contributed by atoms with Crippen LogP contribution in [0.4, 0.5) is 0 Å². The molecular formula is C15H21NO2. The lowest BCUT2D eigenvalue weighted by molar-refractivity contribution is 0.0778. The van der Waals surface area contributed by atoms with Gasteiger partial charge in [0, 0.05) is 18.7 Å². The number of amides is 1. The van der Waals surface area contributed by atoms with E-state index in [1.807, 2.05) is 32.9 Å². The molecule has 0 N–H and O–H groups in total. The minimum atomic E-state index is 0.0128. The molecule has 0 radical (unpaired) electrons. The summed E-state index contributed by atoms with van der Waals surface area (Å²) < 4.78 is 5.24. The van der Waals surface area contributed by atoms with E-state index in [1.54, 1.807) is 18.1 Å². The first kappa shape index (κ1) is 14.3. The predicted molar refractivity (Wildman–Crippen MR) is 74.1 cm³/mol. The second-order valence-electron chi connectivity index (χ2n) is 4.46. The molecule has 18 heavy (non-hydrogen) atoms. The highest BCUT2D eigenvalue weighted by molar-refractivity contribution is 5.94. The van der Waals surface area contributed by atoms with Crippen LogP contribution in [0.1, 0.15) is 29.8 Å². The number of hydrogen-bond donors (Lipinski definition) is 0. The monoisotopic (exact) mass is 247 g/mol. The van der Waals surface area contributed by atoms with Gasteiger partial charge in [-0.2, -0.15) is 0 Å². The number of carbonyl (C=O) groups is 1. The summed E-state index contributed by atoms with van der Waals surface area (Å²) in [5.74, 6) is 0.756. The number of hydrogen-bond acceptors (Lipinski definition) is 2. The first-order valence-corrected chi connectivity index (χ1v) is 6.07. The van der Waals surface area contributed by atoms with Crippen LogP contribution in [-0.4, -0.2) is 31.0 Å². The van der Waals surface area contributed by atoms with Crippen molar-refractivity contribution in [3.63, 3.8) is 0 Å². The van der Waals surface area contributed by atoms with Gasteiger partial charge in [-0.15, -0.1) is 0 Å². The summed E-state index contributed by atoms with van der Waals surface area (Å²) >= 11 is 0. The normalized spacial score (nSPS) is 10.0. The van der Waals surface area contributed by atoms with Gasteiger partial charge in [-0.1, -0.05) is 18.2 Å². The van der Waals surface area contributed by atoms with Crippen LogP contribution in [0.2, 0.25) is 0 Å². The lowest BCUT2D eigenvalue weighted by atomic mass is 10.1. The number of methoxy groups -OCH3 is 1. The summed E-state index contributed by atoms with van der Waals surface area (Å²) in [4.78, 5) is 14.1. The van der Waals surface area contributed by atoms with Crippen molar-refractivity contribution < 1.29 is 9.53 Å². The molecule has 0 unspecified atom stereocenters. The van der Waals surface area contributed by atoms with Crippen molar-refractivity contribution in [1.82, 2.24) is 4.90 Å². The number of ether oxygens (including phenoxy) is 1. The van der Waals surface area contributed by atoms with Gasteiger partial charge in [-0.05, 0) is 38.5 Å². The molecule has 0 spiro atoms. The first-order chi connectivity index (χ1) is 8.49. The molecule has 3 nitrogen and oxygen atoms in total. The van der Waals surface area contributed by atoms with E-state index in [1.165, 1.54) is 0 Å². The lowest BCUT2D eigenvalue weighted by Crippen LogP contribution is -2.32. The van der Waals surface area contributed by atoms with Crippen molar-refractivity contribution in [1.29, 1.82) is 0 Å². The van der Waals surface area contributed by atoms with Crippen LogP contribution in [0.15, 0.2) is 30.4 Å². The summed E-state index contributed by atoms with van der Waals surface area (Å²) in [5, 5.41) is 0. The van der Waals surface area contributed by atoms with E-state index in [9.17, 15) is 4.79 Å². The zero-order chi connectivity index (χ0) is 13.7. The summed E-state index contributed by atoms with van der Waals surface area (Å²) in [6.45, 7) is 10.9. The Kier molecular flexibility index (Phi) is 4.95. The Hall–Kier alpha value is -1.77. The van der Waals surface area contributed by atoms with Crippen LogP contribution < -0.4 is 4.74 Å². The van der Waals surface area contributed by atoms with Crippen molar-refractivity contribution in [3.8, 4) is 5.75 Å². The van der Waals surface area contributed by atoms with Gasteiger partial charge in [-0.3, -0.25) is 4.79 Å². The van der Waals surface area contributed by atoms with Crippen LogP contribution >= 0.6 is 0 Å². The van der Waals surface area contributed by atoms with Gasteiger partial charge in [0.2, 0.25) is 0 Å². The number of likely N-dealkylation sites (N-methyl/N-ethyl adjacent to an activating group) is 1. The van der Waals surface area contributed by atoms with E-state index in [2.05, 4.69) is 6.58 Å². The highest BCUT2D eigenvalue weighted by Gasteiger charge is 2.15. The van der Waals surface area contributed by atoms with Crippen LogP contribution in [0.5, 0.6) is 5.75 Å². The van der Waals surface area contributed by atoms with Gasteiger partial charge >= 0.3 is 0 Å². The molecular weight excluding hydrogens is 226 g/mol. The van der Waals surface area contributed by atoms with Crippen molar-refractivity contribution >= 4 is 5.91 Å². The average molecular weight is 247 g/mol. The minimum Gasteiger partial charge on any atom is -0.496 e. The molecule has 1 amide bonds. The first-order valence-electron chi connectivity index (χ1n) is 6.07. The molecule has 98 valence electrons. The lowest BCUT2D eigenvalue weighted by Gasteiger charge is -2.21. The van der Waals surface area contributed by atoms with E-state index in [0.717, 1.165) is 16.9 Å². The Balaban J connectivity index is 2.98. The number of aryl methyl sites for hydroxylation is 1. The Bertz CT molecular complexity index is 452. The average Bonchev–Trinajstić information content (AvgIpc) is 2.35. The molecule has 0 fully saturated rings. The van der Waals surface area contributed by atoms with Gasteiger partial charge in [-0.25, -0.2) is 0 Å². The number of nitrogens with zero attached hydrogens (tertiary/aromatic N) is 1. The third-order valence-corrected chi connectivity index (χ3v) is 2.78. The summed E-state index contributed by atoms with van der Waals surface area (Å²) in [7, 11) is 1.61. The second kappa shape index (κ2) is 6.24. The predicted octanol–water partition coefficient (Wildman–Crippen LogP) is 3.04. The molecule has 0 bridgehead atoms. The summed E-state index contributed by atoms with van der Waals surface area (Å²) in [6.07, 6.45) is 0. The van der Waals surface area contributed by atoms with Gasteiger partial charge < -0.3 is 9.64 Å². The van der Waals surface area contributed by atoms with Gasteiger partial charge in [0.15, 0.2) is 0 Å². The Morgan fingerprint density at radius 1 is 1.44 bits per heavy atom. The Labute approximate surface area is 109 Å². The van der Waals surface area contributed by atoms with Crippen molar-refractivity contribution in [3.05, 3.63) is 41.5 Å². The standard InChI is InChI=1S/C15H21NO2/c1-6-16(10-11(2)3)15(17)13-8-7-12(4)14(9-13)18-5/h7-9H,2,6,10H2,1,3-5H3. The molecule has 0 aliphatic heterocycles. The number of benzene rings is 1. The molecule has 0 saturated heterocycles. The summed E-state index contributed by atoms with van der Waals surface area (Å²) in [5.41, 5.74) is 2.65. The fourth-order valence-corrected chi connectivity index (χ4v) is 1.79. The second-order valence-corrected chi connectivity index (χ2v) is 4.46. The molecule has 1 aromatic carbocycles. The molecule has 0 aliphatic rings. The van der Waals surface area contributed by atoms with Crippen molar-refractivity contribution in [2.45, 2.75) is 20.8 Å². The molecule has 0 aliphatic carbocycles. The van der Waals surface area contributed by atoms with E-state index in [0.29, 0.717) is 18.7 Å². The third-order valence-electron chi connectivity index (χ3n) is 2.78. The van der Waals surface area contributed by atoms with Gasteiger partial charge in [0.05, 0.1) is 7.11 Å². The Morgan fingerprint density at radius 3 is 2.61 bits per heavy atom. The Morgan fingerprint density at radius 2 is 2.11 bits per heavy atom. The third kappa shape index (κ3) is 3.36. The fourth-order valence-electron chi connectivity index (χ4n) is 1.79. The quantitative estimate of drug-likeness (QED) is 0.748. The van der Waals surface area contributed by atoms with Crippen molar-refractivity contribution in [2.75, 3.05) is 20.2 Å². The van der Waals surface area contributed by atoms with Gasteiger partial charge in [0.1, 0.15) is 5.75 Å². The van der Waals surface area contributed by atoms with E-state index in [4.69, 9.17) is 4.74 Å². The maximum absolute atomic E-state index is 12.3. The topological polar surface area (TPSA) is 29.5 Å². The molecule has 0 heterocycles. The zero-order valence-corrected chi connectivity index (χ0v) is 11.6. The smallest absolute Gasteiger partial charge is 0.254 e. The number of carbonyl (C=O) groups excluding carboxylic acids is 1. The molecule has 1 aromatic rings. The van der Waals surface area contributed by atoms with Crippen molar-refractivity contribution in [2.24, 2.45) is 0 Å². The zero-order valence-electron chi connectivity index (χ0n) is 11.6. The maximum Gasteiger partial charge on any atom is 0.254 e. The van der Waals surface area contributed by atoms with Crippen LogP contribution in [-0.2, 0) is 0 Å². The van der Waals surface area contributed by atoms with Crippen LogP contribution in [0.25, 0.3) is 0 Å². The number of rotatable bonds is 5. The molecule has 1 rings (SSSR count). The molecule has 3 heteroatoms. The summed E-state index contributed by atoms with van der Waals surface area (Å²) in [6, 6.07) is 5.53. The minimum absolute atomic E-state index is 0.0128. The van der Waals surface area contributed by atoms with E-state index in [-0.39, 0.29) is 5.91 Å². The fraction of sp³-hybridized carbons (Fsp3) is 0.400. The SMILES string of the molecule is C=C(C)CN(CC)C(=O)c1ccc(C)c(OC)c1. The molecule has 0 aromatic heterocycles. The molecule has 0 saturated carbocycles. The largest absolute Gasteiger partial charge is 0.496 e. The van der Waals surface area contributed by atoms with E-state index >= 15 is 0 Å².